The minimum Gasteiger partial charge on any atom is -0.493 e. The van der Waals surface area contributed by atoms with Gasteiger partial charge in [-0.1, -0.05) is 18.0 Å². The fourth-order valence-corrected chi connectivity index (χ4v) is 1.83. The lowest BCUT2D eigenvalue weighted by Gasteiger charge is -2.25. The Morgan fingerprint density at radius 2 is 2.18 bits per heavy atom. The minimum atomic E-state index is -1.03. The molecule has 1 aromatic carbocycles. The maximum Gasteiger partial charge on any atom is 0.337 e. The molecule has 5 heteroatoms. The molecule has 0 unspecified atom stereocenters. The van der Waals surface area contributed by atoms with Crippen LogP contribution >= 0.6 is 24.0 Å². The van der Waals surface area contributed by atoms with Crippen LogP contribution in [0.2, 0.25) is 5.02 Å². The lowest BCUT2D eigenvalue weighted by Crippen LogP contribution is -2.19. The number of carbonyl (C=O) groups is 1. The van der Waals surface area contributed by atoms with Gasteiger partial charge in [-0.15, -0.1) is 12.4 Å². The number of aromatic carboxylic acids is 1. The summed E-state index contributed by atoms with van der Waals surface area (Å²) in [6.45, 7) is 0.667. The molecule has 0 spiro atoms. The third-order valence-electron chi connectivity index (χ3n) is 2.88. The van der Waals surface area contributed by atoms with Crippen molar-refractivity contribution < 1.29 is 14.6 Å². The summed E-state index contributed by atoms with van der Waals surface area (Å²) < 4.78 is 5.53. The number of rotatable bonds is 4. The molecule has 0 heterocycles. The first-order valence-electron chi connectivity index (χ1n) is 5.32. The molecule has 17 heavy (non-hydrogen) atoms. The first kappa shape index (κ1) is 14.1. The molecule has 0 bridgehead atoms. The molecule has 0 amide bonds. The molecule has 1 aliphatic carbocycles. The van der Waals surface area contributed by atoms with E-state index in [0.29, 0.717) is 18.3 Å². The molecule has 1 saturated carbocycles. The predicted molar refractivity (Wildman–Crippen MR) is 68.5 cm³/mol. The summed E-state index contributed by atoms with van der Waals surface area (Å²) >= 11 is 5.76. The fourth-order valence-electron chi connectivity index (χ4n) is 1.63. The van der Waals surface area contributed by atoms with Gasteiger partial charge in [0.2, 0.25) is 0 Å². The van der Waals surface area contributed by atoms with E-state index in [9.17, 15) is 4.79 Å². The van der Waals surface area contributed by atoms with Gasteiger partial charge in [0.25, 0.3) is 0 Å². The Bertz CT molecular complexity index is 403. The molecule has 0 radical (unpaired) electrons. The molecule has 1 N–H and O–H groups in total. The Labute approximate surface area is 111 Å². The zero-order chi connectivity index (χ0) is 11.5. The second-order valence-corrected chi connectivity index (χ2v) is 4.46. The highest BCUT2D eigenvalue weighted by molar-refractivity contribution is 6.33. The molecule has 1 fully saturated rings. The zero-order valence-electron chi connectivity index (χ0n) is 9.19. The van der Waals surface area contributed by atoms with E-state index in [-0.39, 0.29) is 23.0 Å². The van der Waals surface area contributed by atoms with Crippen molar-refractivity contribution in [2.24, 2.45) is 5.92 Å². The van der Waals surface area contributed by atoms with Crippen molar-refractivity contribution in [3.63, 3.8) is 0 Å². The third kappa shape index (κ3) is 3.51. The second kappa shape index (κ2) is 6.12. The van der Waals surface area contributed by atoms with Crippen LogP contribution in [0.25, 0.3) is 0 Å². The van der Waals surface area contributed by atoms with Crippen LogP contribution in [-0.4, -0.2) is 17.7 Å². The van der Waals surface area contributed by atoms with Gasteiger partial charge in [-0.25, -0.2) is 4.79 Å². The van der Waals surface area contributed by atoms with Gasteiger partial charge < -0.3 is 9.84 Å². The van der Waals surface area contributed by atoms with E-state index in [0.717, 1.165) is 0 Å². The van der Waals surface area contributed by atoms with E-state index in [4.69, 9.17) is 21.4 Å². The van der Waals surface area contributed by atoms with Gasteiger partial charge in [-0.05, 0) is 37.0 Å². The first-order valence-corrected chi connectivity index (χ1v) is 5.70. The van der Waals surface area contributed by atoms with Crippen LogP contribution < -0.4 is 4.74 Å². The quantitative estimate of drug-likeness (QED) is 0.913. The van der Waals surface area contributed by atoms with Gasteiger partial charge in [0.05, 0.1) is 17.2 Å². The van der Waals surface area contributed by atoms with Crippen LogP contribution in [0, 0.1) is 5.92 Å². The maximum atomic E-state index is 10.8. The summed E-state index contributed by atoms with van der Waals surface area (Å²) in [5.41, 5.74) is 0.0905. The molecule has 0 saturated heterocycles. The molecule has 1 aliphatic rings. The Hall–Kier alpha value is -0.930. The maximum absolute atomic E-state index is 10.8. The van der Waals surface area contributed by atoms with Gasteiger partial charge in [-0.3, -0.25) is 0 Å². The van der Waals surface area contributed by atoms with Gasteiger partial charge >= 0.3 is 5.97 Å². The van der Waals surface area contributed by atoms with E-state index in [2.05, 4.69) is 0 Å². The number of hydrogen-bond acceptors (Lipinski definition) is 2. The number of carboxylic acids is 1. The number of carboxylic acid groups (broad SMARTS) is 1. The van der Waals surface area contributed by atoms with E-state index >= 15 is 0 Å². The molecule has 0 aliphatic heterocycles. The molecule has 2 rings (SSSR count). The van der Waals surface area contributed by atoms with Gasteiger partial charge in [0.1, 0.15) is 5.75 Å². The SMILES string of the molecule is Cl.O=C(O)c1cc(OCC2CCC2)ccc1Cl. The number of benzene rings is 1. The Kier molecular flexibility index (Phi) is 5.09. The molecular formula is C12H14Cl2O3. The van der Waals surface area contributed by atoms with Crippen molar-refractivity contribution in [3.8, 4) is 5.75 Å². The monoisotopic (exact) mass is 276 g/mol. The van der Waals surface area contributed by atoms with Crippen molar-refractivity contribution in [3.05, 3.63) is 28.8 Å². The molecule has 3 nitrogen and oxygen atoms in total. The van der Waals surface area contributed by atoms with Crippen molar-refractivity contribution >= 4 is 30.0 Å². The zero-order valence-corrected chi connectivity index (χ0v) is 10.8. The standard InChI is InChI=1S/C12H13ClO3.ClH/c13-11-5-4-9(6-10(11)12(14)15)16-7-8-2-1-3-8;/h4-6,8H,1-3,7H2,(H,14,15);1H. The van der Waals surface area contributed by atoms with Crippen molar-refractivity contribution in [1.82, 2.24) is 0 Å². The summed E-state index contributed by atoms with van der Waals surface area (Å²) in [7, 11) is 0. The summed E-state index contributed by atoms with van der Waals surface area (Å²) in [5.74, 6) is 0.178. The highest BCUT2D eigenvalue weighted by atomic mass is 35.5. The summed E-state index contributed by atoms with van der Waals surface area (Å²) in [4.78, 5) is 10.8. The molecule has 1 aromatic rings. The first-order chi connectivity index (χ1) is 7.66. The van der Waals surface area contributed by atoms with E-state index < -0.39 is 5.97 Å². The summed E-state index contributed by atoms with van der Waals surface area (Å²) in [6, 6.07) is 4.73. The molecule has 94 valence electrons. The smallest absolute Gasteiger partial charge is 0.337 e. The Morgan fingerprint density at radius 1 is 1.47 bits per heavy atom. The van der Waals surface area contributed by atoms with Crippen LogP contribution in [-0.2, 0) is 0 Å². The number of ether oxygens (including phenoxy) is 1. The van der Waals surface area contributed by atoms with E-state index in [1.165, 1.54) is 25.3 Å². The van der Waals surface area contributed by atoms with Crippen molar-refractivity contribution in [2.45, 2.75) is 19.3 Å². The van der Waals surface area contributed by atoms with Crippen LogP contribution in [0.1, 0.15) is 29.6 Å². The fraction of sp³-hybridized carbons (Fsp3) is 0.417. The largest absolute Gasteiger partial charge is 0.493 e. The molecule has 0 atom stereocenters. The van der Waals surface area contributed by atoms with Gasteiger partial charge in [-0.2, -0.15) is 0 Å². The third-order valence-corrected chi connectivity index (χ3v) is 3.21. The predicted octanol–water partition coefficient (Wildman–Crippen LogP) is 3.64. The average Bonchev–Trinajstić information content (AvgIpc) is 2.17. The topological polar surface area (TPSA) is 46.5 Å². The normalized spacial score (nSPS) is 14.6. The van der Waals surface area contributed by atoms with Crippen molar-refractivity contribution in [2.75, 3.05) is 6.61 Å². The highest BCUT2D eigenvalue weighted by Gasteiger charge is 2.18. The lowest BCUT2D eigenvalue weighted by atomic mass is 9.86. The summed E-state index contributed by atoms with van der Waals surface area (Å²) in [6.07, 6.45) is 3.69. The van der Waals surface area contributed by atoms with E-state index in [1.807, 2.05) is 0 Å². The van der Waals surface area contributed by atoms with Crippen LogP contribution in [0.4, 0.5) is 0 Å². The number of halogens is 2. The summed E-state index contributed by atoms with van der Waals surface area (Å²) in [5, 5.41) is 9.12. The van der Waals surface area contributed by atoms with Crippen LogP contribution in [0.5, 0.6) is 5.75 Å². The van der Waals surface area contributed by atoms with Gasteiger partial charge in [0.15, 0.2) is 0 Å². The molecule has 0 aromatic heterocycles. The second-order valence-electron chi connectivity index (χ2n) is 4.05. The minimum absolute atomic E-state index is 0. The number of hydrogen-bond donors (Lipinski definition) is 1. The van der Waals surface area contributed by atoms with Gasteiger partial charge in [0, 0.05) is 0 Å². The lowest BCUT2D eigenvalue weighted by molar-refractivity contribution is 0.0696. The van der Waals surface area contributed by atoms with Crippen LogP contribution in [0.15, 0.2) is 18.2 Å². The average molecular weight is 277 g/mol. The Balaban J connectivity index is 0.00000144. The van der Waals surface area contributed by atoms with Crippen LogP contribution in [0.3, 0.4) is 0 Å². The van der Waals surface area contributed by atoms with E-state index in [1.54, 1.807) is 12.1 Å². The highest BCUT2D eigenvalue weighted by Crippen LogP contribution is 2.28. The van der Waals surface area contributed by atoms with Crippen molar-refractivity contribution in [1.29, 1.82) is 0 Å². The molecular weight excluding hydrogens is 263 g/mol. The Morgan fingerprint density at radius 3 is 2.71 bits per heavy atom.